The number of hydrogen-bond acceptors (Lipinski definition) is 4. The summed E-state index contributed by atoms with van der Waals surface area (Å²) in [5, 5.41) is 8.86. The van der Waals surface area contributed by atoms with Crippen LogP contribution in [0.25, 0.3) is 0 Å². The fourth-order valence-electron chi connectivity index (χ4n) is 1.94. The third kappa shape index (κ3) is 3.60. The molecule has 0 amide bonds. The summed E-state index contributed by atoms with van der Waals surface area (Å²) in [6, 6.07) is 9.68. The maximum absolute atomic E-state index is 10.8. The number of para-hydroxylation sites is 1. The smallest absolute Gasteiger partial charge is 0.305 e. The van der Waals surface area contributed by atoms with Crippen molar-refractivity contribution in [3.8, 4) is 0 Å². The van der Waals surface area contributed by atoms with Gasteiger partial charge in [-0.3, -0.25) is 4.79 Å². The molecule has 0 atom stereocenters. The van der Waals surface area contributed by atoms with Crippen molar-refractivity contribution in [3.05, 3.63) is 47.7 Å². The number of benzene rings is 1. The Kier molecular flexibility index (Phi) is 4.40. The first kappa shape index (κ1) is 14.1. The number of carboxylic acid groups (broad SMARTS) is 1. The SMILES string of the molecule is Cc1nc(CN(CCC(=O)O)c2ccccc2)oc1C. The van der Waals surface area contributed by atoms with E-state index in [1.165, 1.54) is 0 Å². The van der Waals surface area contributed by atoms with E-state index in [4.69, 9.17) is 9.52 Å². The highest BCUT2D eigenvalue weighted by molar-refractivity contribution is 5.67. The molecule has 1 N–H and O–H groups in total. The maximum atomic E-state index is 10.8. The van der Waals surface area contributed by atoms with Crippen LogP contribution in [0.5, 0.6) is 0 Å². The number of carboxylic acids is 1. The Morgan fingerprint density at radius 3 is 2.55 bits per heavy atom. The highest BCUT2D eigenvalue weighted by atomic mass is 16.4. The number of carbonyl (C=O) groups is 1. The van der Waals surface area contributed by atoms with Crippen LogP contribution in [0.3, 0.4) is 0 Å². The van der Waals surface area contributed by atoms with E-state index in [2.05, 4.69) is 4.98 Å². The first-order chi connectivity index (χ1) is 9.56. The lowest BCUT2D eigenvalue weighted by atomic mass is 10.2. The zero-order valence-electron chi connectivity index (χ0n) is 11.7. The van der Waals surface area contributed by atoms with Crippen molar-refractivity contribution in [1.82, 2.24) is 4.98 Å². The Bertz CT molecular complexity index is 559. The minimum atomic E-state index is -0.814. The number of anilines is 1. The van der Waals surface area contributed by atoms with Crippen LogP contribution >= 0.6 is 0 Å². The van der Waals surface area contributed by atoms with Gasteiger partial charge in [0.1, 0.15) is 5.76 Å². The van der Waals surface area contributed by atoms with Crippen molar-refractivity contribution in [2.75, 3.05) is 11.4 Å². The standard InChI is InChI=1S/C15H18N2O3/c1-11-12(2)20-14(16-11)10-17(9-8-15(18)19)13-6-4-3-5-7-13/h3-7H,8-10H2,1-2H3,(H,18,19). The molecule has 2 rings (SSSR count). The molecule has 1 aromatic heterocycles. The average Bonchev–Trinajstić information content (AvgIpc) is 2.74. The van der Waals surface area contributed by atoms with Crippen molar-refractivity contribution in [3.63, 3.8) is 0 Å². The molecule has 1 aromatic carbocycles. The van der Waals surface area contributed by atoms with Crippen LogP contribution < -0.4 is 4.90 Å². The molecule has 1 heterocycles. The quantitative estimate of drug-likeness (QED) is 0.877. The molecule has 0 unspecified atom stereocenters. The van der Waals surface area contributed by atoms with E-state index in [1.807, 2.05) is 49.1 Å². The molecule has 5 heteroatoms. The van der Waals surface area contributed by atoms with Crippen LogP contribution in [0.1, 0.15) is 23.8 Å². The molecule has 106 valence electrons. The van der Waals surface area contributed by atoms with Gasteiger partial charge in [-0.15, -0.1) is 0 Å². The van der Waals surface area contributed by atoms with Crippen molar-refractivity contribution in [1.29, 1.82) is 0 Å². The summed E-state index contributed by atoms with van der Waals surface area (Å²) in [7, 11) is 0. The lowest BCUT2D eigenvalue weighted by molar-refractivity contribution is -0.136. The van der Waals surface area contributed by atoms with Gasteiger partial charge in [-0.2, -0.15) is 0 Å². The van der Waals surface area contributed by atoms with Gasteiger partial charge in [0, 0.05) is 12.2 Å². The monoisotopic (exact) mass is 274 g/mol. The predicted molar refractivity (Wildman–Crippen MR) is 75.7 cm³/mol. The molecule has 0 saturated carbocycles. The topological polar surface area (TPSA) is 66.6 Å². The minimum Gasteiger partial charge on any atom is -0.481 e. The molecule has 20 heavy (non-hydrogen) atoms. The van der Waals surface area contributed by atoms with Gasteiger partial charge in [0.05, 0.1) is 18.7 Å². The van der Waals surface area contributed by atoms with E-state index in [0.717, 1.165) is 17.1 Å². The zero-order chi connectivity index (χ0) is 14.5. The van der Waals surface area contributed by atoms with Crippen molar-refractivity contribution in [2.45, 2.75) is 26.8 Å². The fraction of sp³-hybridized carbons (Fsp3) is 0.333. The van der Waals surface area contributed by atoms with Crippen LogP contribution in [-0.2, 0) is 11.3 Å². The summed E-state index contributed by atoms with van der Waals surface area (Å²) in [5.41, 5.74) is 1.83. The Balaban J connectivity index is 2.16. The Labute approximate surface area is 117 Å². The van der Waals surface area contributed by atoms with Gasteiger partial charge in [0.25, 0.3) is 0 Å². The second kappa shape index (κ2) is 6.23. The van der Waals surface area contributed by atoms with E-state index < -0.39 is 5.97 Å². The van der Waals surface area contributed by atoms with Gasteiger partial charge in [0.15, 0.2) is 0 Å². The molecule has 0 aliphatic carbocycles. The predicted octanol–water partition coefficient (Wildman–Crippen LogP) is 2.77. The number of aromatic nitrogens is 1. The van der Waals surface area contributed by atoms with Crippen LogP contribution in [0.15, 0.2) is 34.7 Å². The summed E-state index contributed by atoms with van der Waals surface area (Å²) in [6.45, 7) is 4.65. The summed E-state index contributed by atoms with van der Waals surface area (Å²) >= 11 is 0. The highest BCUT2D eigenvalue weighted by Crippen LogP contribution is 2.18. The molecule has 5 nitrogen and oxygen atoms in total. The van der Waals surface area contributed by atoms with Gasteiger partial charge in [0.2, 0.25) is 5.89 Å². The molecule has 0 fully saturated rings. The van der Waals surface area contributed by atoms with Crippen LogP contribution in [0.2, 0.25) is 0 Å². The second-order valence-electron chi connectivity index (χ2n) is 4.65. The molecular weight excluding hydrogens is 256 g/mol. The average molecular weight is 274 g/mol. The number of oxazole rings is 1. The molecule has 0 bridgehead atoms. The Morgan fingerprint density at radius 1 is 1.30 bits per heavy atom. The molecule has 2 aromatic rings. The van der Waals surface area contributed by atoms with Crippen molar-refractivity contribution in [2.24, 2.45) is 0 Å². The first-order valence-corrected chi connectivity index (χ1v) is 6.51. The molecule has 0 aliphatic rings. The van der Waals surface area contributed by atoms with E-state index >= 15 is 0 Å². The van der Waals surface area contributed by atoms with Crippen molar-refractivity contribution < 1.29 is 14.3 Å². The summed E-state index contributed by atoms with van der Waals surface area (Å²) in [4.78, 5) is 17.1. The number of aryl methyl sites for hydroxylation is 2. The molecule has 0 spiro atoms. The number of nitrogens with zero attached hydrogens (tertiary/aromatic N) is 2. The van der Waals surface area contributed by atoms with E-state index in [1.54, 1.807) is 0 Å². The van der Waals surface area contributed by atoms with Crippen LogP contribution in [0.4, 0.5) is 5.69 Å². The lowest BCUT2D eigenvalue weighted by Gasteiger charge is -2.22. The van der Waals surface area contributed by atoms with Gasteiger partial charge in [-0.1, -0.05) is 18.2 Å². The molecule has 0 radical (unpaired) electrons. The third-order valence-corrected chi connectivity index (χ3v) is 3.12. The largest absolute Gasteiger partial charge is 0.481 e. The van der Waals surface area contributed by atoms with Gasteiger partial charge in [-0.05, 0) is 26.0 Å². The van der Waals surface area contributed by atoms with E-state index in [9.17, 15) is 4.79 Å². The Morgan fingerprint density at radius 2 is 2.00 bits per heavy atom. The number of rotatable bonds is 6. The zero-order valence-corrected chi connectivity index (χ0v) is 11.7. The molecular formula is C15H18N2O3. The maximum Gasteiger partial charge on any atom is 0.305 e. The lowest BCUT2D eigenvalue weighted by Crippen LogP contribution is -2.25. The van der Waals surface area contributed by atoms with Crippen LogP contribution in [-0.4, -0.2) is 22.6 Å². The molecule has 0 saturated heterocycles. The summed E-state index contributed by atoms with van der Waals surface area (Å²) in [6.07, 6.45) is 0.0770. The number of hydrogen-bond donors (Lipinski definition) is 1. The third-order valence-electron chi connectivity index (χ3n) is 3.12. The van der Waals surface area contributed by atoms with Crippen LogP contribution in [0, 0.1) is 13.8 Å². The van der Waals surface area contributed by atoms with Crippen molar-refractivity contribution >= 4 is 11.7 Å². The number of aliphatic carboxylic acids is 1. The molecule has 0 aliphatic heterocycles. The Hall–Kier alpha value is -2.30. The van der Waals surface area contributed by atoms with E-state index in [-0.39, 0.29) is 6.42 Å². The summed E-state index contributed by atoms with van der Waals surface area (Å²) in [5.74, 6) is 0.589. The summed E-state index contributed by atoms with van der Waals surface area (Å²) < 4.78 is 5.57. The van der Waals surface area contributed by atoms with Gasteiger partial charge < -0.3 is 14.4 Å². The van der Waals surface area contributed by atoms with Gasteiger partial charge >= 0.3 is 5.97 Å². The second-order valence-corrected chi connectivity index (χ2v) is 4.65. The van der Waals surface area contributed by atoms with Gasteiger partial charge in [-0.25, -0.2) is 4.98 Å². The first-order valence-electron chi connectivity index (χ1n) is 6.51. The normalized spacial score (nSPS) is 10.5. The van der Waals surface area contributed by atoms with E-state index in [0.29, 0.717) is 19.0 Å². The highest BCUT2D eigenvalue weighted by Gasteiger charge is 2.13. The minimum absolute atomic E-state index is 0.0770. The fourth-order valence-corrected chi connectivity index (χ4v) is 1.94.